The molecule has 32 rings (SSSR count). The lowest BCUT2D eigenvalue weighted by atomic mass is 9.69. The second-order valence-corrected chi connectivity index (χ2v) is 41.2. The highest BCUT2D eigenvalue weighted by atomic mass is 31.2. The van der Waals surface area contributed by atoms with Crippen molar-refractivity contribution >= 4 is 88.9 Å². The topological polar surface area (TPSA) is 134 Å². The molecule has 146 heavy (non-hydrogen) atoms. The van der Waals surface area contributed by atoms with E-state index >= 15 is 4.57 Å². The van der Waals surface area contributed by atoms with E-state index in [1.54, 1.807) is 0 Å². The first-order valence-corrected chi connectivity index (χ1v) is 51.3. The summed E-state index contributed by atoms with van der Waals surface area (Å²) in [4.78, 5) is 30.2. The van der Waals surface area contributed by atoms with Gasteiger partial charge in [-0.15, -0.1) is 0 Å². The van der Waals surface area contributed by atoms with Crippen LogP contribution in [0.5, 0.6) is 0 Å². The number of rotatable bonds is 9. The second-order valence-electron chi connectivity index (χ2n) is 38.5. The van der Waals surface area contributed by atoms with Gasteiger partial charge in [-0.25, -0.2) is 29.9 Å². The van der Waals surface area contributed by atoms with Crippen molar-refractivity contribution in [1.29, 1.82) is 0 Å². The van der Waals surface area contributed by atoms with E-state index in [1.807, 2.05) is 170 Å². The molecule has 5 aromatic heterocycles. The Morgan fingerprint density at radius 1 is 0.178 bits per heavy atom. The van der Waals surface area contributed by atoms with Crippen LogP contribution in [0.1, 0.15) is 66.8 Å². The summed E-state index contributed by atoms with van der Waals surface area (Å²) < 4.78 is 35.6. The van der Waals surface area contributed by atoms with Crippen molar-refractivity contribution in [2.24, 2.45) is 0 Å². The first-order chi connectivity index (χ1) is 72.3. The molecule has 0 aliphatic heterocycles. The van der Waals surface area contributed by atoms with E-state index in [0.29, 0.717) is 34.9 Å². The molecule has 0 amide bonds. The van der Waals surface area contributed by atoms with Gasteiger partial charge in [-0.2, -0.15) is 0 Å². The Bertz CT molecular complexity index is 9810. The number of hydrogen-bond donors (Lipinski definition) is 0. The van der Waals surface area contributed by atoms with Gasteiger partial charge in [0.2, 0.25) is 0 Å². The van der Waals surface area contributed by atoms with Crippen LogP contribution >= 0.6 is 7.14 Å². The maximum Gasteiger partial charge on any atom is 0.171 e. The van der Waals surface area contributed by atoms with E-state index in [9.17, 15) is 0 Å². The van der Waals surface area contributed by atoms with Gasteiger partial charge in [-0.1, -0.05) is 437 Å². The van der Waals surface area contributed by atoms with Gasteiger partial charge in [0, 0.05) is 81.6 Å². The molecule has 0 saturated heterocycles. The monoisotopic (exact) mass is 1880 g/mol. The Kier molecular flexibility index (Phi) is 18.3. The molecule has 680 valence electrons. The van der Waals surface area contributed by atoms with E-state index in [4.69, 9.17) is 43.2 Å². The lowest BCUT2D eigenvalue weighted by molar-refractivity contribution is 0.592. The largest absolute Gasteiger partial charge is 0.456 e. The van der Waals surface area contributed by atoms with Gasteiger partial charge in [-0.05, 0) is 188 Å². The quantitative estimate of drug-likeness (QED) is 0.129. The van der Waals surface area contributed by atoms with Gasteiger partial charge in [0.25, 0.3) is 0 Å². The summed E-state index contributed by atoms with van der Waals surface area (Å²) in [6.45, 7) is 0. The predicted molar refractivity (Wildman–Crippen MR) is 589 cm³/mol. The van der Waals surface area contributed by atoms with Gasteiger partial charge < -0.3 is 17.8 Å². The van der Waals surface area contributed by atoms with Crippen molar-refractivity contribution in [3.63, 3.8) is 0 Å². The van der Waals surface area contributed by atoms with E-state index < -0.39 is 23.4 Å². The van der Waals surface area contributed by atoms with Crippen molar-refractivity contribution in [3.8, 4) is 135 Å². The Morgan fingerprint density at radius 2 is 0.459 bits per heavy atom. The van der Waals surface area contributed by atoms with Gasteiger partial charge in [0.05, 0.1) is 16.2 Å². The Hall–Kier alpha value is -18.7. The van der Waals surface area contributed by atoms with Crippen LogP contribution < -0.4 is 15.9 Å². The third-order valence-electron chi connectivity index (χ3n) is 31.3. The lowest BCUT2D eigenvalue weighted by Crippen LogP contribution is -2.29. The highest BCUT2D eigenvalue weighted by Crippen LogP contribution is 2.70. The number of aromatic nitrogens is 6. The lowest BCUT2D eigenvalue weighted by Gasteiger charge is -2.31. The molecular formula is C135H81N6O4P. The van der Waals surface area contributed by atoms with Gasteiger partial charge in [0.1, 0.15) is 33.5 Å². The van der Waals surface area contributed by atoms with Crippen molar-refractivity contribution in [2.45, 2.75) is 16.2 Å². The summed E-state index contributed by atoms with van der Waals surface area (Å²) in [5.41, 5.74) is 39.2. The number of hydrogen-bond acceptors (Lipinski definition) is 10. The average molecular weight is 1880 g/mol. The SMILES string of the molecule is O=P(c1ccccc1)(c1ccccc1)c1cccc2c1-c1ccccc1C21c2ccccc2-c2ccc3oc4ccccc4c3c21.c1ccc(-c2nc(-c3ccccc3)nc(-c3ccc4c(c3)C3(c5ccccc5-4)c4ccccc4-c4c3ccc3oc5ccccc5c43)n2)cc1.c1ccc(-c2nc(-c3ccccc3)nc(-c3ccc4oc5ccc6c(c5c4c3)-c3ccccc3C63c4ccccc4-c4ccccc43)n2)cc1. The number of benzene rings is 21. The van der Waals surface area contributed by atoms with Crippen LogP contribution in [-0.4, -0.2) is 29.9 Å². The molecule has 6 aliphatic rings. The van der Waals surface area contributed by atoms with Gasteiger partial charge >= 0.3 is 0 Å². The van der Waals surface area contributed by atoms with Crippen LogP contribution in [0.4, 0.5) is 0 Å². The van der Waals surface area contributed by atoms with Crippen LogP contribution in [0.3, 0.4) is 0 Å². The fourth-order valence-electron chi connectivity index (χ4n) is 25.5. The molecule has 26 aromatic rings. The third-order valence-corrected chi connectivity index (χ3v) is 34.4. The van der Waals surface area contributed by atoms with E-state index in [2.05, 4.69) is 322 Å². The molecule has 2 unspecified atom stereocenters. The van der Waals surface area contributed by atoms with E-state index in [1.165, 1.54) is 128 Å². The van der Waals surface area contributed by atoms with Gasteiger partial charge in [0.15, 0.2) is 42.1 Å². The molecule has 0 fully saturated rings. The molecule has 5 heterocycles. The average Bonchev–Trinajstić information content (AvgIpc) is 1.51. The number of furan rings is 3. The van der Waals surface area contributed by atoms with Crippen LogP contribution in [0.15, 0.2) is 505 Å². The van der Waals surface area contributed by atoms with Crippen molar-refractivity contribution in [3.05, 3.63) is 558 Å². The van der Waals surface area contributed by atoms with Crippen molar-refractivity contribution in [2.75, 3.05) is 0 Å². The summed E-state index contributed by atoms with van der Waals surface area (Å²) in [6.07, 6.45) is 0. The highest BCUT2D eigenvalue weighted by molar-refractivity contribution is 7.85. The fraction of sp³-hybridized carbons (Fsp3) is 0.0222. The normalized spacial score (nSPS) is 14.8. The first-order valence-electron chi connectivity index (χ1n) is 49.6. The maximum absolute atomic E-state index is 16.0. The predicted octanol–water partition coefficient (Wildman–Crippen LogP) is 31.8. The van der Waals surface area contributed by atoms with E-state index in [-0.39, 0.29) is 0 Å². The molecule has 21 aromatic carbocycles. The summed E-state index contributed by atoms with van der Waals surface area (Å²) in [5, 5.41) is 9.28. The zero-order valence-corrected chi connectivity index (χ0v) is 79.4. The first kappa shape index (κ1) is 83.1. The number of fused-ring (bicyclic) bond motifs is 42. The molecule has 2 atom stereocenters. The fourth-order valence-corrected chi connectivity index (χ4v) is 28.4. The van der Waals surface area contributed by atoms with Crippen LogP contribution in [0, 0.1) is 0 Å². The molecule has 6 aliphatic carbocycles. The molecular weight excluding hydrogens is 1800 g/mol. The molecule has 0 N–H and O–H groups in total. The molecule has 0 saturated carbocycles. The second kappa shape index (κ2) is 32.1. The van der Waals surface area contributed by atoms with E-state index in [0.717, 1.165) is 121 Å². The van der Waals surface area contributed by atoms with Gasteiger partial charge in [-0.3, -0.25) is 0 Å². The maximum atomic E-state index is 16.0. The standard InChI is InChI=1S/2C46H27N3O.C43H27O2P/c1-3-13-28(14-4-1)43-47-44(29-15-5-2-6-16-29)49-45(48-43)30-23-25-39-34(27-30)42-40(50-39)26-24-38-41(42)33-19-9-12-22-37(33)46(38)35-20-10-7-17-31(35)32-18-8-11-21-36(32)46;1-3-13-28(14-4-1)43-47-44(29-15-5-2-6-16-29)49-45(48-43)30-23-24-32-31-17-7-10-20-35(31)46(38(32)27-30)36-21-11-8-18-33(36)41-37(46)25-26-40-42(41)34-19-9-12-22-39(34)50-40;44-46(28-14-3-1-4-15-28,29-16-5-2-6-17-29)39-25-13-23-36-40(39)32-19-8-11-22-35(32)43(36)34-21-10-7-18-30(34)31-26-27-38-41(42(31)43)33-20-9-12-24-37(33)45-38/h2*1-27H;1-27H. The molecule has 10 nitrogen and oxygen atoms in total. The Balaban J connectivity index is 0.000000102. The molecule has 0 bridgehead atoms. The molecule has 3 spiro atoms. The van der Waals surface area contributed by atoms with Crippen molar-refractivity contribution in [1.82, 2.24) is 29.9 Å². The summed E-state index contributed by atoms with van der Waals surface area (Å²) in [7, 11) is -3.29. The summed E-state index contributed by atoms with van der Waals surface area (Å²) in [5.74, 6) is 3.85. The summed E-state index contributed by atoms with van der Waals surface area (Å²) in [6, 6.07) is 172. The minimum absolute atomic E-state index is 0.419. The Morgan fingerprint density at radius 3 is 0.911 bits per heavy atom. The van der Waals surface area contributed by atoms with Crippen LogP contribution in [0.25, 0.3) is 201 Å². The molecule has 11 heteroatoms. The zero-order chi connectivity index (χ0) is 96.1. The van der Waals surface area contributed by atoms with Crippen LogP contribution in [0.2, 0.25) is 0 Å². The van der Waals surface area contributed by atoms with Crippen LogP contribution in [-0.2, 0) is 20.8 Å². The minimum atomic E-state index is -3.29. The smallest absolute Gasteiger partial charge is 0.171 e. The zero-order valence-electron chi connectivity index (χ0n) is 78.5. The number of nitrogens with zero attached hydrogens (tertiary/aromatic N) is 6. The summed E-state index contributed by atoms with van der Waals surface area (Å²) >= 11 is 0. The molecule has 0 radical (unpaired) electrons. The Labute approximate surface area is 840 Å². The highest BCUT2D eigenvalue weighted by Gasteiger charge is 2.57. The van der Waals surface area contributed by atoms with Crippen molar-refractivity contribution < 1.29 is 17.8 Å². The minimum Gasteiger partial charge on any atom is -0.456 e. The number of para-hydroxylation sites is 2. The third kappa shape index (κ3) is 11.8.